The lowest BCUT2D eigenvalue weighted by molar-refractivity contribution is -0.123. The van der Waals surface area contributed by atoms with Gasteiger partial charge in [0.2, 0.25) is 5.91 Å². The fraction of sp³-hybridized carbons (Fsp3) is 0.429. The average Bonchev–Trinajstić information content (AvgIpc) is 3.22. The summed E-state index contributed by atoms with van der Waals surface area (Å²) in [7, 11) is 0. The van der Waals surface area contributed by atoms with Crippen LogP contribution < -0.4 is 10.6 Å². The lowest BCUT2D eigenvalue weighted by Gasteiger charge is -2.24. The molecule has 2 amide bonds. The van der Waals surface area contributed by atoms with Crippen LogP contribution in [0.1, 0.15) is 47.3 Å². The summed E-state index contributed by atoms with van der Waals surface area (Å²) in [6, 6.07) is 12.9. The van der Waals surface area contributed by atoms with Gasteiger partial charge in [0.05, 0.1) is 4.88 Å². The zero-order valence-electron chi connectivity index (χ0n) is 14.9. The topological polar surface area (TPSA) is 58.2 Å². The third-order valence-electron chi connectivity index (χ3n) is 4.94. The maximum atomic E-state index is 12.8. The highest BCUT2D eigenvalue weighted by molar-refractivity contribution is 7.12. The number of hydrogen-bond donors (Lipinski definition) is 2. The number of rotatable bonds is 7. The molecule has 0 spiro atoms. The van der Waals surface area contributed by atoms with Crippen molar-refractivity contribution in [3.8, 4) is 0 Å². The Morgan fingerprint density at radius 3 is 2.50 bits per heavy atom. The summed E-state index contributed by atoms with van der Waals surface area (Å²) in [6.07, 6.45) is 6.68. The average molecular weight is 371 g/mol. The molecular weight excluding hydrogens is 344 g/mol. The molecule has 1 saturated carbocycles. The molecule has 1 aliphatic carbocycles. The highest BCUT2D eigenvalue weighted by atomic mass is 32.1. The predicted octanol–water partition coefficient (Wildman–Crippen LogP) is 3.79. The summed E-state index contributed by atoms with van der Waals surface area (Å²) in [6.45, 7) is 0.707. The zero-order chi connectivity index (χ0) is 18.2. The van der Waals surface area contributed by atoms with Crippen LogP contribution in [0.15, 0.2) is 47.8 Å². The van der Waals surface area contributed by atoms with Crippen LogP contribution in [0.25, 0.3) is 0 Å². The van der Waals surface area contributed by atoms with Crippen molar-refractivity contribution >= 4 is 23.2 Å². The summed E-state index contributed by atoms with van der Waals surface area (Å²) in [5.41, 5.74) is 1.04. The van der Waals surface area contributed by atoms with Crippen LogP contribution in [0, 0.1) is 5.92 Å². The molecule has 1 aromatic heterocycles. The first-order valence-corrected chi connectivity index (χ1v) is 10.3. The third-order valence-corrected chi connectivity index (χ3v) is 5.81. The van der Waals surface area contributed by atoms with Crippen LogP contribution in [0.5, 0.6) is 0 Å². The lowest BCUT2D eigenvalue weighted by atomic mass is 9.89. The van der Waals surface area contributed by atoms with Gasteiger partial charge in [-0.2, -0.15) is 0 Å². The first-order chi connectivity index (χ1) is 12.7. The Hall–Kier alpha value is -2.14. The van der Waals surface area contributed by atoms with Gasteiger partial charge in [0.1, 0.15) is 6.04 Å². The maximum Gasteiger partial charge on any atom is 0.262 e. The van der Waals surface area contributed by atoms with Gasteiger partial charge in [0.15, 0.2) is 0 Å². The Morgan fingerprint density at radius 1 is 1.04 bits per heavy atom. The van der Waals surface area contributed by atoms with Gasteiger partial charge in [0, 0.05) is 13.0 Å². The standard InChI is InChI=1S/C21H26N2O2S/c24-20(22-15-17-10-5-2-6-11-17)18(14-16-8-3-1-4-9-16)23-21(25)19-12-7-13-26-19/h1,3-4,7-9,12-13,17-18H,2,5-6,10-11,14-15H2,(H,22,24)(H,23,25)/t18-/m0/s1. The SMILES string of the molecule is O=C(N[C@@H](Cc1ccccc1)C(=O)NCC1CCCCC1)c1cccs1. The molecule has 1 aliphatic rings. The van der Waals surface area contributed by atoms with Gasteiger partial charge >= 0.3 is 0 Å². The van der Waals surface area contributed by atoms with Gasteiger partial charge in [-0.05, 0) is 35.8 Å². The minimum atomic E-state index is -0.560. The van der Waals surface area contributed by atoms with Crippen molar-refractivity contribution in [2.45, 2.75) is 44.6 Å². The van der Waals surface area contributed by atoms with Crippen molar-refractivity contribution in [3.63, 3.8) is 0 Å². The van der Waals surface area contributed by atoms with Crippen molar-refractivity contribution in [2.24, 2.45) is 5.92 Å². The second-order valence-electron chi connectivity index (χ2n) is 6.94. The molecule has 1 aromatic carbocycles. The van der Waals surface area contributed by atoms with E-state index in [0.29, 0.717) is 23.8 Å². The van der Waals surface area contributed by atoms with Crippen molar-refractivity contribution in [2.75, 3.05) is 6.54 Å². The highest BCUT2D eigenvalue weighted by Crippen LogP contribution is 2.22. The molecule has 26 heavy (non-hydrogen) atoms. The molecular formula is C21H26N2O2S. The minimum absolute atomic E-state index is 0.0932. The molecule has 3 rings (SSSR count). The summed E-state index contributed by atoms with van der Waals surface area (Å²) < 4.78 is 0. The molecule has 0 aliphatic heterocycles. The van der Waals surface area contributed by atoms with Crippen LogP contribution >= 0.6 is 11.3 Å². The van der Waals surface area contributed by atoms with Gasteiger partial charge in [-0.25, -0.2) is 0 Å². The summed E-state index contributed by atoms with van der Waals surface area (Å²) in [5, 5.41) is 7.85. The van der Waals surface area contributed by atoms with E-state index in [1.54, 1.807) is 6.07 Å². The third kappa shape index (κ3) is 5.43. The Kier molecular flexibility index (Phi) is 6.83. The van der Waals surface area contributed by atoms with Crippen LogP contribution in [-0.2, 0) is 11.2 Å². The van der Waals surface area contributed by atoms with Gasteiger partial charge < -0.3 is 10.6 Å². The largest absolute Gasteiger partial charge is 0.354 e. The van der Waals surface area contributed by atoms with Gasteiger partial charge in [0.25, 0.3) is 5.91 Å². The summed E-state index contributed by atoms with van der Waals surface area (Å²) in [4.78, 5) is 25.8. The monoisotopic (exact) mass is 370 g/mol. The molecule has 4 nitrogen and oxygen atoms in total. The van der Waals surface area contributed by atoms with Crippen LogP contribution in [-0.4, -0.2) is 24.4 Å². The minimum Gasteiger partial charge on any atom is -0.354 e. The zero-order valence-corrected chi connectivity index (χ0v) is 15.8. The Bertz CT molecular complexity index is 694. The smallest absolute Gasteiger partial charge is 0.262 e. The molecule has 1 atom stereocenters. The number of carbonyl (C=O) groups is 2. The normalized spacial score (nSPS) is 16.0. The second-order valence-corrected chi connectivity index (χ2v) is 7.89. The number of thiophene rings is 1. The van der Waals surface area contributed by atoms with Crippen molar-refractivity contribution < 1.29 is 9.59 Å². The molecule has 0 radical (unpaired) electrons. The number of nitrogens with one attached hydrogen (secondary N) is 2. The number of hydrogen-bond acceptors (Lipinski definition) is 3. The van der Waals surface area contributed by atoms with Crippen LogP contribution in [0.2, 0.25) is 0 Å². The molecule has 1 heterocycles. The molecule has 0 bridgehead atoms. The first-order valence-electron chi connectivity index (χ1n) is 9.38. The van der Waals surface area contributed by atoms with Gasteiger partial charge in [-0.15, -0.1) is 11.3 Å². The molecule has 2 aromatic rings. The summed E-state index contributed by atoms with van der Waals surface area (Å²) in [5.74, 6) is 0.288. The van der Waals surface area contributed by atoms with E-state index in [0.717, 1.165) is 5.56 Å². The van der Waals surface area contributed by atoms with E-state index in [9.17, 15) is 9.59 Å². The Balaban J connectivity index is 1.62. The molecule has 1 fully saturated rings. The summed E-state index contributed by atoms with van der Waals surface area (Å²) >= 11 is 1.38. The van der Waals surface area contributed by atoms with Crippen molar-refractivity contribution in [1.82, 2.24) is 10.6 Å². The number of amides is 2. The number of benzene rings is 1. The Morgan fingerprint density at radius 2 is 1.81 bits per heavy atom. The quantitative estimate of drug-likeness (QED) is 0.779. The second kappa shape index (κ2) is 9.53. The van der Waals surface area contributed by atoms with E-state index in [2.05, 4.69) is 10.6 Å². The van der Waals surface area contributed by atoms with Crippen molar-refractivity contribution in [1.29, 1.82) is 0 Å². The fourth-order valence-electron chi connectivity index (χ4n) is 3.46. The van der Waals surface area contributed by atoms with Crippen molar-refractivity contribution in [3.05, 3.63) is 58.3 Å². The van der Waals surface area contributed by atoms with E-state index in [1.807, 2.05) is 41.8 Å². The number of carbonyl (C=O) groups excluding carboxylic acids is 2. The fourth-order valence-corrected chi connectivity index (χ4v) is 4.08. The van der Waals surface area contributed by atoms with E-state index in [-0.39, 0.29) is 11.8 Å². The lowest BCUT2D eigenvalue weighted by Crippen LogP contribution is -2.49. The molecule has 138 valence electrons. The Labute approximate surface area is 159 Å². The highest BCUT2D eigenvalue weighted by Gasteiger charge is 2.23. The van der Waals surface area contributed by atoms with Crippen LogP contribution in [0.4, 0.5) is 0 Å². The first kappa shape index (κ1) is 18.6. The molecule has 0 saturated heterocycles. The molecule has 2 N–H and O–H groups in total. The van der Waals surface area contributed by atoms with Gasteiger partial charge in [-0.1, -0.05) is 55.7 Å². The maximum absolute atomic E-state index is 12.8. The van der Waals surface area contributed by atoms with E-state index >= 15 is 0 Å². The van der Waals surface area contributed by atoms with Gasteiger partial charge in [-0.3, -0.25) is 9.59 Å². The van der Waals surface area contributed by atoms with E-state index < -0.39 is 6.04 Å². The molecule has 5 heteroatoms. The predicted molar refractivity (Wildman–Crippen MR) is 105 cm³/mol. The van der Waals surface area contributed by atoms with Crippen LogP contribution in [0.3, 0.4) is 0 Å². The van der Waals surface area contributed by atoms with E-state index in [4.69, 9.17) is 0 Å². The van der Waals surface area contributed by atoms with E-state index in [1.165, 1.54) is 43.4 Å². The molecule has 0 unspecified atom stereocenters.